The number of benzene rings is 1. The predicted octanol–water partition coefficient (Wildman–Crippen LogP) is 4.68. The van der Waals surface area contributed by atoms with Gasteiger partial charge in [-0.3, -0.25) is 32.8 Å². The molecular weight excluding hydrogens is 918 g/mol. The van der Waals surface area contributed by atoms with E-state index in [9.17, 15) is 33.3 Å². The zero-order valence-electron chi connectivity index (χ0n) is 36.7. The Morgan fingerprint density at radius 3 is 2.09 bits per heavy atom. The lowest BCUT2D eigenvalue weighted by molar-refractivity contribution is -0.156. The molecule has 20 nitrogen and oxygen atoms in total. The lowest BCUT2D eigenvalue weighted by Gasteiger charge is -2.44. The second-order valence-corrected chi connectivity index (χ2v) is 19.9. The van der Waals surface area contributed by atoms with E-state index in [1.807, 2.05) is 0 Å². The molecule has 0 radical (unpaired) electrons. The first-order valence-electron chi connectivity index (χ1n) is 21.9. The number of alkyl halides is 2. The van der Waals surface area contributed by atoms with E-state index in [-0.39, 0.29) is 85.4 Å². The summed E-state index contributed by atoms with van der Waals surface area (Å²) in [5, 5.41) is 3.03. The summed E-state index contributed by atoms with van der Waals surface area (Å²) in [7, 11) is -2.82. The third-order valence-corrected chi connectivity index (χ3v) is 15.3. The van der Waals surface area contributed by atoms with E-state index >= 15 is 8.78 Å². The molecule has 5 fully saturated rings. The summed E-state index contributed by atoms with van der Waals surface area (Å²) in [6.45, 7) is 0.221. The van der Waals surface area contributed by atoms with E-state index < -0.39 is 62.7 Å². The first kappa shape index (κ1) is 49.4. The fraction of sp³-hybridized carbons (Fsp3) is 0.667. The van der Waals surface area contributed by atoms with Gasteiger partial charge in [0, 0.05) is 82.8 Å². The SMILES string of the molecule is COCCCOC(=O)OCOP(=O)(OCOC(=O)OCCCOC)C(F)(F)c1ccc2sc(C(=O)NC3C[C@@H]4C[C@@H]4C[C@H]4CC[C@@H](C(=O)N5CC(C(=O)N6CCOCC6)C5)N4C3=O)cc2c1. The minimum atomic E-state index is -5.71. The summed E-state index contributed by atoms with van der Waals surface area (Å²) in [6, 6.07) is 2.72. The van der Waals surface area contributed by atoms with Crippen molar-refractivity contribution in [3.05, 3.63) is 34.7 Å². The van der Waals surface area contributed by atoms with Crippen molar-refractivity contribution < 1.29 is 84.3 Å². The number of likely N-dealkylation sites (tertiary alicyclic amines) is 1. The highest BCUT2D eigenvalue weighted by atomic mass is 32.1. The number of morpholine rings is 1. The molecule has 7 rings (SSSR count). The summed E-state index contributed by atoms with van der Waals surface area (Å²) in [5.74, 6) is -0.923. The number of methoxy groups -OCH3 is 2. The fourth-order valence-electron chi connectivity index (χ4n) is 8.72. The summed E-state index contributed by atoms with van der Waals surface area (Å²) < 4.78 is 90.7. The van der Waals surface area contributed by atoms with Crippen LogP contribution in [0.2, 0.25) is 0 Å². The maximum absolute atomic E-state index is 16.3. The standard InChI is InChI=1S/C42H55F2N4O16PS/c1-56-11-3-13-59-40(53)61-24-63-65(55,64-25-62-41(54)60-14-4-12-57-2)42(43,44)30-5-8-34-28(18-30)21-35(66-34)36(49)45-32-20-27-17-26(27)19-31-6-7-33(48(31)38(32)51)39(52)47-22-29(23-47)37(50)46-9-15-58-16-10-46/h5,8,18,21,26-27,29,31-33H,3-4,6-7,9-17,19-20,22-25H2,1-2H3,(H,45,49)/t26-,27+,31-,32?,33+/m1/s1. The van der Waals surface area contributed by atoms with Crippen LogP contribution in [0.25, 0.3) is 10.1 Å². The number of nitrogens with zero attached hydrogens (tertiary/aromatic N) is 3. The van der Waals surface area contributed by atoms with Crippen LogP contribution in [0.4, 0.5) is 18.4 Å². The van der Waals surface area contributed by atoms with E-state index in [0.29, 0.717) is 69.0 Å². The zero-order chi connectivity index (χ0) is 47.0. The van der Waals surface area contributed by atoms with Crippen molar-refractivity contribution in [3.63, 3.8) is 0 Å². The third kappa shape index (κ3) is 11.6. The predicted molar refractivity (Wildman–Crippen MR) is 226 cm³/mol. The molecule has 5 heterocycles. The summed E-state index contributed by atoms with van der Waals surface area (Å²) in [4.78, 5) is 84.3. The minimum absolute atomic E-state index is 0.00231. The Morgan fingerprint density at radius 1 is 0.818 bits per heavy atom. The Morgan fingerprint density at radius 2 is 1.45 bits per heavy atom. The molecule has 4 aliphatic heterocycles. The second kappa shape index (κ2) is 22.1. The van der Waals surface area contributed by atoms with Gasteiger partial charge in [0.1, 0.15) is 12.1 Å². The number of carbonyl (C=O) groups excluding carboxylic acids is 6. The highest BCUT2D eigenvalue weighted by Gasteiger charge is 2.56. The first-order valence-corrected chi connectivity index (χ1v) is 24.2. The third-order valence-electron chi connectivity index (χ3n) is 12.3. The Labute approximate surface area is 383 Å². The topological polar surface area (TPSA) is 224 Å². The van der Waals surface area contributed by atoms with Gasteiger partial charge in [0.2, 0.25) is 31.3 Å². The second-order valence-electron chi connectivity index (χ2n) is 16.7. The van der Waals surface area contributed by atoms with Crippen LogP contribution >= 0.6 is 18.9 Å². The van der Waals surface area contributed by atoms with Crippen molar-refractivity contribution in [2.24, 2.45) is 17.8 Å². The summed E-state index contributed by atoms with van der Waals surface area (Å²) in [5.41, 5.74) is -5.33. The van der Waals surface area contributed by atoms with Gasteiger partial charge >= 0.3 is 25.6 Å². The van der Waals surface area contributed by atoms with E-state index in [1.54, 1.807) is 14.7 Å². The Bertz CT molecular complexity index is 2100. The lowest BCUT2D eigenvalue weighted by Crippen LogP contribution is -2.62. The van der Waals surface area contributed by atoms with Gasteiger partial charge < -0.3 is 53.2 Å². The van der Waals surface area contributed by atoms with E-state index in [1.165, 1.54) is 26.4 Å². The van der Waals surface area contributed by atoms with Gasteiger partial charge in [-0.15, -0.1) is 11.3 Å². The molecule has 66 heavy (non-hydrogen) atoms. The van der Waals surface area contributed by atoms with Crippen LogP contribution in [-0.2, 0) is 66.8 Å². The van der Waals surface area contributed by atoms with Crippen molar-refractivity contribution in [2.45, 2.75) is 68.7 Å². The normalized spacial score (nSPS) is 23.2. The van der Waals surface area contributed by atoms with Crippen LogP contribution in [0.15, 0.2) is 24.3 Å². The van der Waals surface area contributed by atoms with Crippen molar-refractivity contribution in [2.75, 3.05) is 93.6 Å². The molecule has 364 valence electrons. The molecule has 4 saturated heterocycles. The van der Waals surface area contributed by atoms with Gasteiger partial charge in [-0.25, -0.2) is 9.59 Å². The Kier molecular flexibility index (Phi) is 16.5. The van der Waals surface area contributed by atoms with Crippen LogP contribution in [-0.4, -0.2) is 162 Å². The van der Waals surface area contributed by atoms with Crippen LogP contribution in [0, 0.1) is 17.8 Å². The highest BCUT2D eigenvalue weighted by Crippen LogP contribution is 2.67. The molecule has 1 aromatic carbocycles. The number of halogens is 2. The van der Waals surface area contributed by atoms with Gasteiger partial charge in [-0.2, -0.15) is 8.78 Å². The van der Waals surface area contributed by atoms with Crippen molar-refractivity contribution in [1.82, 2.24) is 20.0 Å². The fourth-order valence-corrected chi connectivity index (χ4v) is 10.9. The molecule has 0 spiro atoms. The number of thiophene rings is 1. The number of amides is 4. The largest absolute Gasteiger partial charge is 0.510 e. The number of rotatable bonds is 20. The van der Waals surface area contributed by atoms with Crippen LogP contribution in [0.1, 0.15) is 60.2 Å². The van der Waals surface area contributed by atoms with Gasteiger partial charge in [-0.1, -0.05) is 6.07 Å². The summed E-state index contributed by atoms with van der Waals surface area (Å²) >= 11 is 0.977. The van der Waals surface area contributed by atoms with Gasteiger partial charge in [0.15, 0.2) is 0 Å². The number of carbonyl (C=O) groups is 6. The van der Waals surface area contributed by atoms with Crippen LogP contribution < -0.4 is 5.32 Å². The number of hydrogen-bond donors (Lipinski definition) is 1. The molecular formula is C42H55F2N4O16PS. The zero-order valence-corrected chi connectivity index (χ0v) is 38.4. The number of fused-ring (bicyclic) bond motifs is 3. The molecule has 1 unspecified atom stereocenters. The first-order chi connectivity index (χ1) is 31.7. The quantitative estimate of drug-likeness (QED) is 0.0823. The molecule has 1 saturated carbocycles. The van der Waals surface area contributed by atoms with Crippen LogP contribution in [0.5, 0.6) is 0 Å². The maximum atomic E-state index is 16.3. The molecule has 4 amide bonds. The molecule has 5 atom stereocenters. The number of hydrogen-bond acceptors (Lipinski definition) is 17. The van der Waals surface area contributed by atoms with Crippen LogP contribution in [0.3, 0.4) is 0 Å². The molecule has 5 aliphatic rings. The van der Waals surface area contributed by atoms with Crippen molar-refractivity contribution in [1.29, 1.82) is 0 Å². The number of nitrogens with one attached hydrogen (secondary N) is 1. The number of ether oxygens (including phenoxy) is 7. The molecule has 24 heteroatoms. The summed E-state index contributed by atoms with van der Waals surface area (Å²) in [6.07, 6.45) is 1.15. The molecule has 1 N–H and O–H groups in total. The van der Waals surface area contributed by atoms with E-state index in [4.69, 9.17) is 32.7 Å². The Balaban J connectivity index is 1.01. The average molecular weight is 973 g/mol. The monoisotopic (exact) mass is 972 g/mol. The lowest BCUT2D eigenvalue weighted by atomic mass is 9.96. The molecule has 1 aliphatic carbocycles. The highest BCUT2D eigenvalue weighted by molar-refractivity contribution is 7.54. The maximum Gasteiger partial charge on any atom is 0.510 e. The van der Waals surface area contributed by atoms with Gasteiger partial charge in [0.25, 0.3) is 5.91 Å². The Hall–Kier alpha value is -4.51. The van der Waals surface area contributed by atoms with E-state index in [2.05, 4.69) is 14.8 Å². The van der Waals surface area contributed by atoms with Crippen molar-refractivity contribution >= 4 is 65.0 Å². The van der Waals surface area contributed by atoms with Gasteiger partial charge in [0.05, 0.1) is 37.2 Å². The average Bonchev–Trinajstić information content (AvgIpc) is 3.63. The van der Waals surface area contributed by atoms with Crippen molar-refractivity contribution in [3.8, 4) is 0 Å². The minimum Gasteiger partial charge on any atom is -0.434 e. The molecule has 0 bridgehead atoms. The van der Waals surface area contributed by atoms with E-state index in [0.717, 1.165) is 36.3 Å². The molecule has 2 aromatic rings. The molecule has 1 aromatic heterocycles. The van der Waals surface area contributed by atoms with Gasteiger partial charge in [-0.05, 0) is 67.5 Å². The smallest absolute Gasteiger partial charge is 0.434 e.